The minimum Gasteiger partial charge on any atom is -0.494 e. The summed E-state index contributed by atoms with van der Waals surface area (Å²) in [5.41, 5.74) is 4.96. The summed E-state index contributed by atoms with van der Waals surface area (Å²) < 4.78 is 50.4. The molecule has 0 bridgehead atoms. The maximum Gasteiger partial charge on any atom is 0.433 e. The van der Waals surface area contributed by atoms with Crippen LogP contribution in [0, 0.1) is 0 Å². The predicted octanol–water partition coefficient (Wildman–Crippen LogP) is 2.75. The van der Waals surface area contributed by atoms with Crippen LogP contribution in [-0.2, 0) is 11.0 Å². The van der Waals surface area contributed by atoms with Gasteiger partial charge in [0.25, 0.3) is 5.91 Å². The molecular formula is C21H22F3N5O4. The van der Waals surface area contributed by atoms with Gasteiger partial charge in [0.15, 0.2) is 11.5 Å². The van der Waals surface area contributed by atoms with E-state index in [1.165, 1.54) is 30.2 Å². The number of carbonyl (C=O) groups is 2. The molecule has 0 saturated carbocycles. The third-order valence-corrected chi connectivity index (χ3v) is 4.74. The number of nitrogens with two attached hydrogens (primary N) is 1. The van der Waals surface area contributed by atoms with Crippen LogP contribution >= 0.6 is 0 Å². The van der Waals surface area contributed by atoms with Gasteiger partial charge >= 0.3 is 6.18 Å². The van der Waals surface area contributed by atoms with Crippen molar-refractivity contribution >= 4 is 22.7 Å². The number of amides is 2. The summed E-state index contributed by atoms with van der Waals surface area (Å²) in [5.74, 6) is -0.867. The molecule has 0 fully saturated rings. The number of oxazole rings is 1. The zero-order valence-electron chi connectivity index (χ0n) is 18.3. The maximum atomic E-state index is 13.2. The predicted molar refractivity (Wildman–Crippen MR) is 112 cm³/mol. The number of carbonyl (C=O) groups excluding carboxylic acids is 2. The smallest absolute Gasteiger partial charge is 0.433 e. The van der Waals surface area contributed by atoms with Crippen LogP contribution in [0.3, 0.4) is 0 Å². The van der Waals surface area contributed by atoms with Gasteiger partial charge in [-0.2, -0.15) is 13.2 Å². The highest BCUT2D eigenvalue weighted by Crippen LogP contribution is 2.37. The first-order chi connectivity index (χ1) is 15.4. The molecule has 0 aliphatic rings. The Morgan fingerprint density at radius 2 is 1.91 bits per heavy atom. The van der Waals surface area contributed by atoms with Gasteiger partial charge < -0.3 is 25.1 Å². The van der Waals surface area contributed by atoms with Gasteiger partial charge in [0.05, 0.1) is 19.7 Å². The quantitative estimate of drug-likeness (QED) is 0.574. The average molecular weight is 465 g/mol. The number of aromatic nitrogens is 2. The van der Waals surface area contributed by atoms with E-state index in [0.29, 0.717) is 0 Å². The van der Waals surface area contributed by atoms with Crippen LogP contribution in [0.2, 0.25) is 0 Å². The van der Waals surface area contributed by atoms with E-state index in [4.69, 9.17) is 14.9 Å². The number of nitrogens with one attached hydrogen (secondary N) is 1. The molecule has 0 aliphatic carbocycles. The van der Waals surface area contributed by atoms with Crippen molar-refractivity contribution < 1.29 is 31.9 Å². The van der Waals surface area contributed by atoms with Crippen LogP contribution in [-0.4, -0.2) is 54.4 Å². The van der Waals surface area contributed by atoms with Crippen molar-refractivity contribution in [1.82, 2.24) is 20.2 Å². The first-order valence-electron chi connectivity index (χ1n) is 9.74. The highest BCUT2D eigenvalue weighted by molar-refractivity contribution is 5.99. The summed E-state index contributed by atoms with van der Waals surface area (Å²) in [6.45, 7) is 1.32. The molecule has 3 aromatic rings. The molecule has 33 heavy (non-hydrogen) atoms. The SMILES string of the molecule is COc1ccc(-c2nc(C(=O)NCC(=O)N(C)C)c([C@H](C)N)o2)c2ccc(C(F)(F)F)nc12. The largest absolute Gasteiger partial charge is 0.494 e. The van der Waals surface area contributed by atoms with E-state index in [-0.39, 0.29) is 52.0 Å². The molecule has 2 aromatic heterocycles. The van der Waals surface area contributed by atoms with Crippen LogP contribution in [0.25, 0.3) is 22.4 Å². The topological polar surface area (TPSA) is 124 Å². The Labute approximate surface area is 186 Å². The van der Waals surface area contributed by atoms with E-state index in [1.54, 1.807) is 21.0 Å². The van der Waals surface area contributed by atoms with E-state index in [2.05, 4.69) is 15.3 Å². The van der Waals surface area contributed by atoms with Crippen LogP contribution in [0.4, 0.5) is 13.2 Å². The van der Waals surface area contributed by atoms with Gasteiger partial charge in [0.1, 0.15) is 17.0 Å². The zero-order valence-corrected chi connectivity index (χ0v) is 18.3. The van der Waals surface area contributed by atoms with Gasteiger partial charge in [0.2, 0.25) is 11.8 Å². The number of hydrogen-bond donors (Lipinski definition) is 2. The molecule has 12 heteroatoms. The van der Waals surface area contributed by atoms with Crippen molar-refractivity contribution in [3.63, 3.8) is 0 Å². The Morgan fingerprint density at radius 1 is 1.21 bits per heavy atom. The fourth-order valence-electron chi connectivity index (χ4n) is 3.02. The Bertz CT molecular complexity index is 1200. The molecule has 2 amide bonds. The van der Waals surface area contributed by atoms with Crippen LogP contribution in [0.15, 0.2) is 28.7 Å². The van der Waals surface area contributed by atoms with Crippen molar-refractivity contribution in [3.05, 3.63) is 41.4 Å². The lowest BCUT2D eigenvalue weighted by Gasteiger charge is -2.11. The lowest BCUT2D eigenvalue weighted by atomic mass is 10.1. The van der Waals surface area contributed by atoms with E-state index >= 15 is 0 Å². The molecule has 3 rings (SSSR count). The number of pyridine rings is 1. The van der Waals surface area contributed by atoms with Crippen molar-refractivity contribution in [2.75, 3.05) is 27.7 Å². The number of alkyl halides is 3. The Balaban J connectivity index is 2.09. The molecule has 0 aliphatic heterocycles. The summed E-state index contributed by atoms with van der Waals surface area (Å²) in [6, 6.07) is 4.30. The lowest BCUT2D eigenvalue weighted by Crippen LogP contribution is -2.36. The molecule has 0 saturated heterocycles. The second-order valence-corrected chi connectivity index (χ2v) is 7.40. The first kappa shape index (κ1) is 24.0. The van der Waals surface area contributed by atoms with Crippen molar-refractivity contribution in [2.45, 2.75) is 19.1 Å². The third-order valence-electron chi connectivity index (χ3n) is 4.74. The standard InChI is InChI=1S/C21H22F3N5O4/c1-10(25)18-17(19(31)26-9-15(30)29(2)3)28-20(33-18)12-5-7-13(32-4)16-11(12)6-8-14(27-16)21(22,23)24/h5-8,10H,9,25H2,1-4H3,(H,26,31)/t10-/m0/s1. The van der Waals surface area contributed by atoms with Crippen LogP contribution in [0.1, 0.15) is 34.9 Å². The van der Waals surface area contributed by atoms with E-state index in [1.807, 2.05) is 0 Å². The highest BCUT2D eigenvalue weighted by atomic mass is 19.4. The third kappa shape index (κ3) is 4.90. The molecular weight excluding hydrogens is 443 g/mol. The number of likely N-dealkylation sites (N-methyl/N-ethyl adjacent to an activating group) is 1. The molecule has 3 N–H and O–H groups in total. The Kier molecular flexibility index (Phi) is 6.58. The van der Waals surface area contributed by atoms with Gasteiger partial charge in [-0.15, -0.1) is 0 Å². The molecule has 176 valence electrons. The molecule has 2 heterocycles. The number of halogens is 3. The van der Waals surface area contributed by atoms with Crippen molar-refractivity contribution in [3.8, 4) is 17.2 Å². The van der Waals surface area contributed by atoms with Gasteiger partial charge in [-0.25, -0.2) is 9.97 Å². The molecule has 9 nitrogen and oxygen atoms in total. The van der Waals surface area contributed by atoms with Crippen molar-refractivity contribution in [2.24, 2.45) is 5.73 Å². The summed E-state index contributed by atoms with van der Waals surface area (Å²) in [7, 11) is 4.40. The van der Waals surface area contributed by atoms with Gasteiger partial charge in [0, 0.05) is 25.0 Å². The average Bonchev–Trinajstić information content (AvgIpc) is 3.21. The number of nitrogens with zero attached hydrogens (tertiary/aromatic N) is 3. The lowest BCUT2D eigenvalue weighted by molar-refractivity contribution is -0.141. The van der Waals surface area contributed by atoms with Gasteiger partial charge in [-0.05, 0) is 31.2 Å². The Hall–Kier alpha value is -3.67. The minimum absolute atomic E-state index is 0.0411. The first-order valence-corrected chi connectivity index (χ1v) is 9.74. The number of fused-ring (bicyclic) bond motifs is 1. The molecule has 0 unspecified atom stereocenters. The molecule has 1 atom stereocenters. The summed E-state index contributed by atoms with van der Waals surface area (Å²) in [5, 5.41) is 2.73. The minimum atomic E-state index is -4.64. The number of rotatable bonds is 6. The summed E-state index contributed by atoms with van der Waals surface area (Å²) >= 11 is 0. The normalized spacial score (nSPS) is 12.5. The van der Waals surface area contributed by atoms with Crippen LogP contribution in [0.5, 0.6) is 5.75 Å². The monoisotopic (exact) mass is 465 g/mol. The fourth-order valence-corrected chi connectivity index (χ4v) is 3.02. The van der Waals surface area contributed by atoms with Crippen LogP contribution < -0.4 is 15.8 Å². The van der Waals surface area contributed by atoms with Gasteiger partial charge in [-0.3, -0.25) is 9.59 Å². The molecule has 0 spiro atoms. The number of methoxy groups -OCH3 is 1. The molecule has 1 aromatic carbocycles. The number of benzene rings is 1. The number of ether oxygens (including phenoxy) is 1. The second kappa shape index (κ2) is 9.06. The number of hydrogen-bond acceptors (Lipinski definition) is 7. The highest BCUT2D eigenvalue weighted by Gasteiger charge is 2.33. The second-order valence-electron chi connectivity index (χ2n) is 7.40. The van der Waals surface area contributed by atoms with Gasteiger partial charge in [-0.1, -0.05) is 0 Å². The fraction of sp³-hybridized carbons (Fsp3) is 0.333. The Morgan fingerprint density at radius 3 is 2.48 bits per heavy atom. The van der Waals surface area contributed by atoms with E-state index in [9.17, 15) is 22.8 Å². The van der Waals surface area contributed by atoms with Crippen molar-refractivity contribution in [1.29, 1.82) is 0 Å². The summed E-state index contributed by atoms with van der Waals surface area (Å²) in [6.07, 6.45) is -4.64. The molecule has 0 radical (unpaired) electrons. The van der Waals surface area contributed by atoms with E-state index in [0.717, 1.165) is 6.07 Å². The zero-order chi connectivity index (χ0) is 24.5. The van der Waals surface area contributed by atoms with E-state index < -0.39 is 23.8 Å². The maximum absolute atomic E-state index is 13.2. The summed E-state index contributed by atoms with van der Waals surface area (Å²) in [4.78, 5) is 33.7.